The Morgan fingerprint density at radius 3 is 2.74 bits per heavy atom. The quantitative estimate of drug-likeness (QED) is 0.267. The summed E-state index contributed by atoms with van der Waals surface area (Å²) in [6.07, 6.45) is 2.54. The molecule has 1 aromatic heterocycles. The maximum atomic E-state index is 14.5. The van der Waals surface area contributed by atoms with Gasteiger partial charge in [-0.05, 0) is 94.1 Å². The van der Waals surface area contributed by atoms with Crippen LogP contribution >= 0.6 is 0 Å². The van der Waals surface area contributed by atoms with Gasteiger partial charge in [0.2, 0.25) is 0 Å². The number of carbonyl (C=O) groups excluding carboxylic acids is 1. The average molecular weight is 532 g/mol. The third-order valence-electron chi connectivity index (χ3n) is 7.28. The first-order valence-corrected chi connectivity index (χ1v) is 13.3. The number of aromatic nitrogens is 2. The van der Waals surface area contributed by atoms with Gasteiger partial charge in [0.05, 0.1) is 30.0 Å². The molecule has 3 aromatic carbocycles. The Bertz CT molecular complexity index is 1470. The lowest BCUT2D eigenvalue weighted by atomic mass is 9.77. The van der Waals surface area contributed by atoms with Gasteiger partial charge in [-0.1, -0.05) is 6.07 Å². The van der Waals surface area contributed by atoms with Crippen LogP contribution in [0.5, 0.6) is 11.5 Å². The third-order valence-corrected chi connectivity index (χ3v) is 7.28. The van der Waals surface area contributed by atoms with Crippen molar-refractivity contribution in [2.24, 2.45) is 0 Å². The fourth-order valence-electron chi connectivity index (χ4n) is 5.46. The van der Waals surface area contributed by atoms with E-state index in [9.17, 15) is 14.3 Å². The zero-order valence-corrected chi connectivity index (χ0v) is 22.5. The molecular formula is C31H34FN3O4. The van der Waals surface area contributed by atoms with Gasteiger partial charge in [0.1, 0.15) is 17.3 Å². The Labute approximate surface area is 227 Å². The SMILES string of the molecule is COc1cccc(F)c1C[C@@]1(O)CCC[C@@H](NC(=O)c2ccc3[nH]nc(-c4ccc(OC(C)C)cc4)c3c2)C1. The van der Waals surface area contributed by atoms with E-state index in [1.807, 2.05) is 50.2 Å². The average Bonchev–Trinajstić information content (AvgIpc) is 3.33. The van der Waals surface area contributed by atoms with E-state index in [0.29, 0.717) is 29.7 Å². The number of benzene rings is 3. The van der Waals surface area contributed by atoms with Crippen LogP contribution in [0.25, 0.3) is 22.2 Å². The standard InChI is InChI=1S/C31H34FN3O4/c1-19(2)39-23-12-9-20(10-13-23)29-24-16-21(11-14-27(24)34-35-29)30(36)33-22-6-5-15-31(37,17-22)18-25-26(32)7-4-8-28(25)38-3/h4,7-14,16,19,22,37H,5-6,15,17-18H2,1-3H3,(H,33,36)(H,34,35)/t22-,31-/m1/s1. The molecular weight excluding hydrogens is 497 g/mol. The van der Waals surface area contributed by atoms with Crippen LogP contribution in [-0.4, -0.2) is 46.1 Å². The predicted octanol–water partition coefficient (Wildman–Crippen LogP) is 5.81. The predicted molar refractivity (Wildman–Crippen MR) is 149 cm³/mol. The van der Waals surface area contributed by atoms with Gasteiger partial charge in [0.15, 0.2) is 0 Å². The second-order valence-electron chi connectivity index (χ2n) is 10.6. The Balaban J connectivity index is 1.31. The molecule has 0 spiro atoms. The summed E-state index contributed by atoms with van der Waals surface area (Å²) in [5, 5.41) is 22.8. The largest absolute Gasteiger partial charge is 0.496 e. The van der Waals surface area contributed by atoms with E-state index in [4.69, 9.17) is 9.47 Å². The first-order chi connectivity index (χ1) is 18.7. The van der Waals surface area contributed by atoms with Crippen molar-refractivity contribution in [2.45, 2.75) is 63.7 Å². The summed E-state index contributed by atoms with van der Waals surface area (Å²) in [5.41, 5.74) is 2.22. The van der Waals surface area contributed by atoms with Crippen LogP contribution in [0.2, 0.25) is 0 Å². The zero-order chi connectivity index (χ0) is 27.6. The second-order valence-corrected chi connectivity index (χ2v) is 10.6. The van der Waals surface area contributed by atoms with Gasteiger partial charge in [0.25, 0.3) is 5.91 Å². The van der Waals surface area contributed by atoms with Crippen molar-refractivity contribution >= 4 is 16.8 Å². The van der Waals surface area contributed by atoms with Crippen LogP contribution in [0.15, 0.2) is 60.7 Å². The van der Waals surface area contributed by atoms with Gasteiger partial charge in [0, 0.05) is 34.5 Å². The molecule has 5 rings (SSSR count). The van der Waals surface area contributed by atoms with Crippen molar-refractivity contribution in [1.82, 2.24) is 15.5 Å². The molecule has 0 aliphatic heterocycles. The van der Waals surface area contributed by atoms with Crippen molar-refractivity contribution in [3.8, 4) is 22.8 Å². The monoisotopic (exact) mass is 531 g/mol. The number of aliphatic hydroxyl groups is 1. The summed E-state index contributed by atoms with van der Waals surface area (Å²) in [4.78, 5) is 13.3. The summed E-state index contributed by atoms with van der Waals surface area (Å²) in [6, 6.07) is 17.6. The van der Waals surface area contributed by atoms with Crippen LogP contribution in [0.4, 0.5) is 4.39 Å². The number of aromatic amines is 1. The van der Waals surface area contributed by atoms with E-state index in [1.165, 1.54) is 13.2 Å². The van der Waals surface area contributed by atoms with Gasteiger partial charge >= 0.3 is 0 Å². The Kier molecular flexibility index (Phi) is 7.57. The number of nitrogens with zero attached hydrogens (tertiary/aromatic N) is 1. The first-order valence-electron chi connectivity index (χ1n) is 13.3. The molecule has 1 saturated carbocycles. The minimum atomic E-state index is -1.14. The lowest BCUT2D eigenvalue weighted by Crippen LogP contribution is -2.47. The zero-order valence-electron chi connectivity index (χ0n) is 22.5. The number of fused-ring (bicyclic) bond motifs is 1. The molecule has 1 fully saturated rings. The molecule has 2 atom stereocenters. The molecule has 1 aliphatic carbocycles. The first kappa shape index (κ1) is 26.7. The molecule has 204 valence electrons. The summed E-state index contributed by atoms with van der Waals surface area (Å²) in [7, 11) is 1.49. The highest BCUT2D eigenvalue weighted by atomic mass is 19.1. The van der Waals surface area contributed by atoms with E-state index in [-0.39, 0.29) is 24.5 Å². The topological polar surface area (TPSA) is 96.5 Å². The fourth-order valence-corrected chi connectivity index (χ4v) is 5.46. The molecule has 0 unspecified atom stereocenters. The molecule has 4 aromatic rings. The molecule has 1 amide bonds. The number of methoxy groups -OCH3 is 1. The Morgan fingerprint density at radius 1 is 1.21 bits per heavy atom. The molecule has 0 bridgehead atoms. The third kappa shape index (κ3) is 5.91. The number of nitrogens with one attached hydrogen (secondary N) is 2. The highest BCUT2D eigenvalue weighted by molar-refractivity contribution is 6.01. The van der Waals surface area contributed by atoms with Gasteiger partial charge in [-0.3, -0.25) is 9.89 Å². The summed E-state index contributed by atoms with van der Waals surface area (Å²) in [5.74, 6) is 0.582. The fraction of sp³-hybridized carbons (Fsp3) is 0.355. The Morgan fingerprint density at radius 2 is 2.00 bits per heavy atom. The van der Waals surface area contributed by atoms with E-state index in [0.717, 1.165) is 40.8 Å². The normalized spacial score (nSPS) is 19.3. The van der Waals surface area contributed by atoms with Crippen LogP contribution in [-0.2, 0) is 6.42 Å². The van der Waals surface area contributed by atoms with Crippen LogP contribution in [0.1, 0.15) is 55.5 Å². The number of carbonyl (C=O) groups is 1. The van der Waals surface area contributed by atoms with Crippen molar-refractivity contribution in [2.75, 3.05) is 7.11 Å². The number of halogens is 1. The highest BCUT2D eigenvalue weighted by Gasteiger charge is 2.36. The van der Waals surface area contributed by atoms with Crippen molar-refractivity contribution < 1.29 is 23.8 Å². The number of H-pyrrole nitrogens is 1. The maximum absolute atomic E-state index is 14.5. The molecule has 7 nitrogen and oxygen atoms in total. The summed E-state index contributed by atoms with van der Waals surface area (Å²) >= 11 is 0. The number of ether oxygens (including phenoxy) is 2. The van der Waals surface area contributed by atoms with E-state index < -0.39 is 11.4 Å². The second kappa shape index (κ2) is 11.1. The van der Waals surface area contributed by atoms with Gasteiger partial charge < -0.3 is 19.9 Å². The van der Waals surface area contributed by atoms with E-state index in [2.05, 4.69) is 15.5 Å². The molecule has 39 heavy (non-hydrogen) atoms. The molecule has 0 radical (unpaired) electrons. The number of hydrogen-bond acceptors (Lipinski definition) is 5. The number of rotatable bonds is 8. The lowest BCUT2D eigenvalue weighted by molar-refractivity contribution is -0.00728. The summed E-state index contributed by atoms with van der Waals surface area (Å²) < 4.78 is 25.6. The Hall–Kier alpha value is -3.91. The molecule has 1 heterocycles. The smallest absolute Gasteiger partial charge is 0.251 e. The number of hydrogen-bond donors (Lipinski definition) is 3. The molecule has 0 saturated heterocycles. The molecule has 3 N–H and O–H groups in total. The van der Waals surface area contributed by atoms with Crippen molar-refractivity contribution in [3.63, 3.8) is 0 Å². The van der Waals surface area contributed by atoms with E-state index in [1.54, 1.807) is 18.2 Å². The van der Waals surface area contributed by atoms with Crippen LogP contribution < -0.4 is 14.8 Å². The lowest BCUT2D eigenvalue weighted by Gasteiger charge is -2.37. The maximum Gasteiger partial charge on any atom is 0.251 e. The van der Waals surface area contributed by atoms with Crippen molar-refractivity contribution in [1.29, 1.82) is 0 Å². The molecule has 8 heteroatoms. The number of amides is 1. The van der Waals surface area contributed by atoms with Crippen molar-refractivity contribution in [3.05, 3.63) is 77.6 Å². The minimum absolute atomic E-state index is 0.0885. The van der Waals surface area contributed by atoms with E-state index >= 15 is 0 Å². The van der Waals surface area contributed by atoms with Gasteiger partial charge in [-0.15, -0.1) is 0 Å². The minimum Gasteiger partial charge on any atom is -0.496 e. The summed E-state index contributed by atoms with van der Waals surface area (Å²) in [6.45, 7) is 3.96. The van der Waals surface area contributed by atoms with Gasteiger partial charge in [-0.25, -0.2) is 4.39 Å². The van der Waals surface area contributed by atoms with Crippen LogP contribution in [0, 0.1) is 5.82 Å². The van der Waals surface area contributed by atoms with Crippen LogP contribution in [0.3, 0.4) is 0 Å². The highest BCUT2D eigenvalue weighted by Crippen LogP contribution is 2.35. The molecule has 1 aliphatic rings. The van der Waals surface area contributed by atoms with Gasteiger partial charge in [-0.2, -0.15) is 5.10 Å².